The number of nitrogens with one attached hydrogen (secondary N) is 2. The lowest BCUT2D eigenvalue weighted by Crippen LogP contribution is -2.49. The third-order valence-corrected chi connectivity index (χ3v) is 5.84. The molecule has 29 heavy (non-hydrogen) atoms. The Morgan fingerprint density at radius 3 is 2.79 bits per heavy atom. The first-order chi connectivity index (χ1) is 13.2. The Hall–Kier alpha value is -1.65. The van der Waals surface area contributed by atoms with E-state index in [-0.39, 0.29) is 48.8 Å². The van der Waals surface area contributed by atoms with Crippen molar-refractivity contribution in [2.24, 2.45) is 0 Å². The Kier molecular flexibility index (Phi) is 8.91. The SMILES string of the molecule is Cl.Cl.O=C(Nc1nc(CC(=O)N2CCC(N3CCNCC3)C2)cs1)c1ccco1. The summed E-state index contributed by atoms with van der Waals surface area (Å²) in [6.07, 6.45) is 2.75. The molecule has 2 aromatic heterocycles. The number of hydrogen-bond donors (Lipinski definition) is 2. The number of thiazole rings is 1. The molecule has 2 aliphatic heterocycles. The highest BCUT2D eigenvalue weighted by molar-refractivity contribution is 7.14. The van der Waals surface area contributed by atoms with Gasteiger partial charge in [-0.3, -0.25) is 19.8 Å². The molecule has 2 fully saturated rings. The van der Waals surface area contributed by atoms with Gasteiger partial charge >= 0.3 is 0 Å². The van der Waals surface area contributed by atoms with E-state index in [1.165, 1.54) is 17.6 Å². The van der Waals surface area contributed by atoms with Crippen LogP contribution in [-0.4, -0.2) is 71.9 Å². The number of likely N-dealkylation sites (tertiary alicyclic amines) is 1. The standard InChI is InChI=1S/C18H23N5O3S.2ClH/c24-16(23-6-3-14(11-23)22-7-4-19-5-8-22)10-13-12-27-18(20-13)21-17(25)15-2-1-9-26-15;;/h1-2,9,12,14,19H,3-8,10-11H2,(H,20,21,25);2*1H. The van der Waals surface area contributed by atoms with E-state index in [0.717, 1.165) is 45.7 Å². The molecule has 160 valence electrons. The van der Waals surface area contributed by atoms with Crippen LogP contribution in [0.2, 0.25) is 0 Å². The quantitative estimate of drug-likeness (QED) is 0.706. The highest BCUT2D eigenvalue weighted by atomic mass is 35.5. The van der Waals surface area contributed by atoms with E-state index in [0.29, 0.717) is 16.9 Å². The summed E-state index contributed by atoms with van der Waals surface area (Å²) in [7, 11) is 0. The molecule has 2 amide bonds. The molecular formula is C18H25Cl2N5O3S. The summed E-state index contributed by atoms with van der Waals surface area (Å²) in [4.78, 5) is 33.4. The number of anilines is 1. The maximum atomic E-state index is 12.6. The van der Waals surface area contributed by atoms with E-state index in [4.69, 9.17) is 4.42 Å². The molecule has 0 radical (unpaired) electrons. The number of carbonyl (C=O) groups is 2. The van der Waals surface area contributed by atoms with Crippen LogP contribution >= 0.6 is 36.2 Å². The predicted octanol–water partition coefficient (Wildman–Crippen LogP) is 1.88. The minimum absolute atomic E-state index is 0. The summed E-state index contributed by atoms with van der Waals surface area (Å²) in [5, 5.41) is 8.35. The zero-order valence-electron chi connectivity index (χ0n) is 15.8. The normalized spacial score (nSPS) is 19.3. The van der Waals surface area contributed by atoms with Crippen molar-refractivity contribution >= 4 is 53.1 Å². The van der Waals surface area contributed by atoms with Gasteiger partial charge in [0, 0.05) is 50.7 Å². The first kappa shape index (κ1) is 23.6. The molecule has 8 nitrogen and oxygen atoms in total. The number of aromatic nitrogens is 1. The number of furan rings is 1. The average Bonchev–Trinajstić information content (AvgIpc) is 3.44. The fourth-order valence-electron chi connectivity index (χ4n) is 3.59. The summed E-state index contributed by atoms with van der Waals surface area (Å²) < 4.78 is 5.06. The largest absolute Gasteiger partial charge is 0.459 e. The minimum atomic E-state index is -0.342. The fraction of sp³-hybridized carbons (Fsp3) is 0.500. The van der Waals surface area contributed by atoms with Crippen LogP contribution in [0.3, 0.4) is 0 Å². The summed E-state index contributed by atoms with van der Waals surface area (Å²) in [6, 6.07) is 3.72. The van der Waals surface area contributed by atoms with Crippen molar-refractivity contribution < 1.29 is 14.0 Å². The average molecular weight is 462 g/mol. The maximum Gasteiger partial charge on any atom is 0.293 e. The van der Waals surface area contributed by atoms with Crippen LogP contribution in [0.25, 0.3) is 0 Å². The van der Waals surface area contributed by atoms with Crippen molar-refractivity contribution in [3.63, 3.8) is 0 Å². The first-order valence-corrected chi connectivity index (χ1v) is 10.1. The summed E-state index contributed by atoms with van der Waals surface area (Å²) in [5.41, 5.74) is 0.686. The molecular weight excluding hydrogens is 437 g/mol. The molecule has 11 heteroatoms. The molecule has 2 aliphatic rings. The monoisotopic (exact) mass is 461 g/mol. The molecule has 2 aromatic rings. The molecule has 2 N–H and O–H groups in total. The number of rotatable bonds is 5. The zero-order valence-corrected chi connectivity index (χ0v) is 18.3. The Balaban J connectivity index is 0.00000150. The van der Waals surface area contributed by atoms with Gasteiger partial charge in [-0.2, -0.15) is 0 Å². The van der Waals surface area contributed by atoms with Crippen molar-refractivity contribution in [1.82, 2.24) is 20.1 Å². The molecule has 2 saturated heterocycles. The molecule has 4 rings (SSSR count). The Labute approximate surface area is 185 Å². The van der Waals surface area contributed by atoms with E-state index in [1.807, 2.05) is 10.3 Å². The third-order valence-electron chi connectivity index (χ3n) is 5.03. The summed E-state index contributed by atoms with van der Waals surface area (Å²) in [5.74, 6) is -0.00803. The van der Waals surface area contributed by atoms with Gasteiger partial charge in [-0.1, -0.05) is 0 Å². The molecule has 1 atom stereocenters. The van der Waals surface area contributed by atoms with Gasteiger partial charge < -0.3 is 14.6 Å². The van der Waals surface area contributed by atoms with Gasteiger partial charge in [-0.25, -0.2) is 4.98 Å². The van der Waals surface area contributed by atoms with Crippen LogP contribution in [-0.2, 0) is 11.2 Å². The highest BCUT2D eigenvalue weighted by Crippen LogP contribution is 2.20. The van der Waals surface area contributed by atoms with Crippen molar-refractivity contribution in [3.05, 3.63) is 35.2 Å². The number of hydrogen-bond acceptors (Lipinski definition) is 7. The lowest BCUT2D eigenvalue weighted by Gasteiger charge is -2.32. The maximum absolute atomic E-state index is 12.6. The fourth-order valence-corrected chi connectivity index (χ4v) is 4.30. The molecule has 0 saturated carbocycles. The molecule has 0 spiro atoms. The number of halogens is 2. The van der Waals surface area contributed by atoms with Crippen LogP contribution in [0.1, 0.15) is 22.7 Å². The van der Waals surface area contributed by atoms with Gasteiger partial charge in [0.05, 0.1) is 18.4 Å². The topological polar surface area (TPSA) is 90.7 Å². The first-order valence-electron chi connectivity index (χ1n) is 9.21. The molecule has 0 aliphatic carbocycles. The lowest BCUT2D eigenvalue weighted by atomic mass is 10.2. The van der Waals surface area contributed by atoms with E-state index < -0.39 is 0 Å². The van der Waals surface area contributed by atoms with Crippen molar-refractivity contribution in [2.45, 2.75) is 18.9 Å². The van der Waals surface area contributed by atoms with Gasteiger partial charge in [0.25, 0.3) is 5.91 Å². The van der Waals surface area contributed by atoms with Crippen molar-refractivity contribution in [1.29, 1.82) is 0 Å². The van der Waals surface area contributed by atoms with E-state index in [1.54, 1.807) is 12.1 Å². The van der Waals surface area contributed by atoms with Gasteiger partial charge in [-0.05, 0) is 18.6 Å². The Bertz CT molecular complexity index is 795. The predicted molar refractivity (Wildman–Crippen MR) is 116 cm³/mol. The van der Waals surface area contributed by atoms with Crippen molar-refractivity contribution in [2.75, 3.05) is 44.6 Å². The summed E-state index contributed by atoms with van der Waals surface area (Å²) in [6.45, 7) is 5.76. The van der Waals surface area contributed by atoms with Gasteiger partial charge in [0.1, 0.15) is 0 Å². The molecule has 1 unspecified atom stereocenters. The Morgan fingerprint density at radius 1 is 1.28 bits per heavy atom. The van der Waals surface area contributed by atoms with Crippen LogP contribution in [0.4, 0.5) is 5.13 Å². The van der Waals surface area contributed by atoms with Gasteiger partial charge in [0.2, 0.25) is 5.91 Å². The minimum Gasteiger partial charge on any atom is -0.459 e. The number of carbonyl (C=O) groups excluding carboxylic acids is 2. The van der Waals surface area contributed by atoms with E-state index in [2.05, 4.69) is 20.5 Å². The van der Waals surface area contributed by atoms with Crippen LogP contribution < -0.4 is 10.6 Å². The number of nitrogens with zero attached hydrogens (tertiary/aromatic N) is 3. The van der Waals surface area contributed by atoms with Crippen LogP contribution in [0.5, 0.6) is 0 Å². The lowest BCUT2D eigenvalue weighted by molar-refractivity contribution is -0.129. The smallest absolute Gasteiger partial charge is 0.293 e. The Morgan fingerprint density at radius 2 is 2.07 bits per heavy atom. The number of piperazine rings is 1. The van der Waals surface area contributed by atoms with E-state index >= 15 is 0 Å². The zero-order chi connectivity index (χ0) is 18.6. The third kappa shape index (κ3) is 5.93. The second-order valence-electron chi connectivity index (χ2n) is 6.82. The van der Waals surface area contributed by atoms with Crippen LogP contribution in [0.15, 0.2) is 28.2 Å². The van der Waals surface area contributed by atoms with Crippen LogP contribution in [0, 0.1) is 0 Å². The number of amides is 2. The molecule has 0 aromatic carbocycles. The molecule has 0 bridgehead atoms. The second-order valence-corrected chi connectivity index (χ2v) is 7.68. The molecule has 4 heterocycles. The highest BCUT2D eigenvalue weighted by Gasteiger charge is 2.31. The van der Waals surface area contributed by atoms with Gasteiger partial charge in [-0.15, -0.1) is 36.2 Å². The van der Waals surface area contributed by atoms with Crippen molar-refractivity contribution in [3.8, 4) is 0 Å². The van der Waals surface area contributed by atoms with Gasteiger partial charge in [0.15, 0.2) is 10.9 Å². The van der Waals surface area contributed by atoms with E-state index in [9.17, 15) is 9.59 Å². The second kappa shape index (κ2) is 10.9. The summed E-state index contributed by atoms with van der Waals surface area (Å²) >= 11 is 1.31.